The molecule has 3 nitrogen and oxygen atoms in total. The summed E-state index contributed by atoms with van der Waals surface area (Å²) in [7, 11) is 0. The number of rotatable bonds is 2. The summed E-state index contributed by atoms with van der Waals surface area (Å²) >= 11 is 0. The third-order valence-corrected chi connectivity index (χ3v) is 5.51. The molecule has 1 aromatic carbocycles. The average Bonchev–Trinajstić information content (AvgIpc) is 3.15. The molecule has 2 saturated heterocycles. The minimum atomic E-state index is -4.33. The monoisotopic (exact) mass is 349 g/mol. The molecule has 4 rings (SSSR count). The first-order valence-electron chi connectivity index (χ1n) is 8.97. The molecule has 1 aromatic heterocycles. The summed E-state index contributed by atoms with van der Waals surface area (Å²) in [6.45, 7) is 4.31. The van der Waals surface area contributed by atoms with Crippen LogP contribution in [0.3, 0.4) is 0 Å². The van der Waals surface area contributed by atoms with Crippen molar-refractivity contribution >= 4 is 16.6 Å². The number of aromatic nitrogens is 1. The van der Waals surface area contributed by atoms with Gasteiger partial charge in [-0.1, -0.05) is 6.07 Å². The van der Waals surface area contributed by atoms with Gasteiger partial charge in [-0.05, 0) is 57.0 Å². The van der Waals surface area contributed by atoms with Gasteiger partial charge < -0.3 is 9.80 Å². The molecule has 6 heteroatoms. The molecule has 0 aliphatic carbocycles. The molecule has 134 valence electrons. The molecular formula is C19H22F3N3. The smallest absolute Gasteiger partial charge is 0.371 e. The number of hydrogen-bond acceptors (Lipinski definition) is 3. The summed E-state index contributed by atoms with van der Waals surface area (Å²) in [5, 5.41) is 0.801. The predicted octanol–water partition coefficient (Wildman–Crippen LogP) is 4.32. The molecule has 2 fully saturated rings. The van der Waals surface area contributed by atoms with Crippen LogP contribution in [0.4, 0.5) is 18.9 Å². The van der Waals surface area contributed by atoms with Gasteiger partial charge >= 0.3 is 6.18 Å². The second kappa shape index (κ2) is 6.48. The molecule has 25 heavy (non-hydrogen) atoms. The zero-order valence-corrected chi connectivity index (χ0v) is 14.1. The molecule has 2 aromatic rings. The molecule has 0 bridgehead atoms. The minimum Gasteiger partial charge on any atom is -0.371 e. The highest BCUT2D eigenvalue weighted by molar-refractivity contribution is 5.92. The molecule has 0 amide bonds. The van der Waals surface area contributed by atoms with Crippen molar-refractivity contribution in [2.75, 3.05) is 31.1 Å². The first-order chi connectivity index (χ1) is 12.0. The van der Waals surface area contributed by atoms with E-state index in [2.05, 4.69) is 14.8 Å². The number of pyridine rings is 1. The van der Waals surface area contributed by atoms with E-state index in [1.165, 1.54) is 25.9 Å². The van der Waals surface area contributed by atoms with Crippen LogP contribution in [0.25, 0.3) is 10.9 Å². The van der Waals surface area contributed by atoms with Crippen LogP contribution in [0, 0.1) is 0 Å². The Bertz CT molecular complexity index is 745. The van der Waals surface area contributed by atoms with Crippen LogP contribution in [0.2, 0.25) is 0 Å². The zero-order chi connectivity index (χ0) is 17.4. The van der Waals surface area contributed by atoms with Gasteiger partial charge in [0, 0.05) is 36.4 Å². The minimum absolute atomic E-state index is 0.411. The summed E-state index contributed by atoms with van der Waals surface area (Å²) in [5.74, 6) is 0. The lowest BCUT2D eigenvalue weighted by Gasteiger charge is -2.38. The Balaban J connectivity index is 1.55. The molecule has 3 heterocycles. The zero-order valence-electron chi connectivity index (χ0n) is 14.1. The Hall–Kier alpha value is -1.82. The van der Waals surface area contributed by atoms with Crippen LogP contribution in [0.15, 0.2) is 30.5 Å². The van der Waals surface area contributed by atoms with E-state index in [9.17, 15) is 13.2 Å². The molecule has 0 N–H and O–H groups in total. The lowest BCUT2D eigenvalue weighted by atomic mass is 10.0. The number of fused-ring (bicyclic) bond motifs is 1. The summed E-state index contributed by atoms with van der Waals surface area (Å²) in [6.07, 6.45) is 2.12. The van der Waals surface area contributed by atoms with Crippen molar-refractivity contribution in [1.82, 2.24) is 9.88 Å². The highest BCUT2D eigenvalue weighted by Crippen LogP contribution is 2.34. The Morgan fingerprint density at radius 2 is 1.68 bits per heavy atom. The van der Waals surface area contributed by atoms with Crippen molar-refractivity contribution in [3.8, 4) is 0 Å². The highest BCUT2D eigenvalue weighted by Gasteiger charge is 2.31. The molecule has 0 unspecified atom stereocenters. The van der Waals surface area contributed by atoms with Gasteiger partial charge in [0.05, 0.1) is 11.1 Å². The number of anilines is 1. The van der Waals surface area contributed by atoms with Gasteiger partial charge in [-0.15, -0.1) is 0 Å². The third kappa shape index (κ3) is 3.32. The number of nitrogens with zero attached hydrogens (tertiary/aromatic N) is 3. The Labute approximate surface area is 145 Å². The van der Waals surface area contributed by atoms with Crippen molar-refractivity contribution in [3.63, 3.8) is 0 Å². The number of benzene rings is 1. The topological polar surface area (TPSA) is 19.4 Å². The van der Waals surface area contributed by atoms with E-state index < -0.39 is 11.7 Å². The molecule has 0 atom stereocenters. The lowest BCUT2D eigenvalue weighted by molar-refractivity contribution is -0.137. The van der Waals surface area contributed by atoms with E-state index in [-0.39, 0.29) is 0 Å². The van der Waals surface area contributed by atoms with E-state index in [0.29, 0.717) is 11.6 Å². The van der Waals surface area contributed by atoms with E-state index >= 15 is 0 Å². The second-order valence-electron chi connectivity index (χ2n) is 7.02. The normalized spacial score (nSPS) is 20.5. The molecule has 0 saturated carbocycles. The molecular weight excluding hydrogens is 327 g/mol. The molecule has 2 aliphatic rings. The first kappa shape index (κ1) is 16.6. The second-order valence-corrected chi connectivity index (χ2v) is 7.02. The number of alkyl halides is 3. The lowest BCUT2D eigenvalue weighted by Crippen LogP contribution is -2.43. The quantitative estimate of drug-likeness (QED) is 0.805. The summed E-state index contributed by atoms with van der Waals surface area (Å²) in [6, 6.07) is 6.45. The van der Waals surface area contributed by atoms with E-state index in [0.717, 1.165) is 49.1 Å². The third-order valence-electron chi connectivity index (χ3n) is 5.51. The van der Waals surface area contributed by atoms with Gasteiger partial charge in [0.25, 0.3) is 0 Å². The van der Waals surface area contributed by atoms with Crippen LogP contribution in [-0.4, -0.2) is 42.1 Å². The fraction of sp³-hybridized carbons (Fsp3) is 0.526. The van der Waals surface area contributed by atoms with Crippen LogP contribution < -0.4 is 4.90 Å². The van der Waals surface area contributed by atoms with Crippen molar-refractivity contribution in [2.45, 2.75) is 37.9 Å². The maximum atomic E-state index is 12.9. The van der Waals surface area contributed by atoms with Crippen molar-refractivity contribution in [1.29, 1.82) is 0 Å². The fourth-order valence-corrected chi connectivity index (χ4v) is 4.16. The number of piperidine rings is 1. The molecule has 0 spiro atoms. The van der Waals surface area contributed by atoms with Gasteiger partial charge in [-0.3, -0.25) is 4.98 Å². The van der Waals surface area contributed by atoms with Gasteiger partial charge in [0.2, 0.25) is 0 Å². The van der Waals surface area contributed by atoms with Crippen molar-refractivity contribution in [3.05, 3.63) is 36.0 Å². The van der Waals surface area contributed by atoms with Crippen LogP contribution in [-0.2, 0) is 6.18 Å². The predicted molar refractivity (Wildman–Crippen MR) is 92.8 cm³/mol. The Kier molecular flexibility index (Phi) is 4.31. The van der Waals surface area contributed by atoms with Crippen LogP contribution in [0.5, 0.6) is 0 Å². The highest BCUT2D eigenvalue weighted by atomic mass is 19.4. The number of halogens is 3. The summed E-state index contributed by atoms with van der Waals surface area (Å²) < 4.78 is 38.8. The summed E-state index contributed by atoms with van der Waals surface area (Å²) in [4.78, 5) is 9.04. The number of likely N-dealkylation sites (tertiary alicyclic amines) is 1. The SMILES string of the molecule is FC(F)(F)c1ccc2c(N3CCC(N4CCCC4)CC3)ccnc2c1. The largest absolute Gasteiger partial charge is 0.416 e. The number of hydrogen-bond donors (Lipinski definition) is 0. The average molecular weight is 349 g/mol. The van der Waals surface area contributed by atoms with Gasteiger partial charge in [0.1, 0.15) is 0 Å². The van der Waals surface area contributed by atoms with Gasteiger partial charge in [-0.2, -0.15) is 13.2 Å². The maximum absolute atomic E-state index is 12.9. The van der Waals surface area contributed by atoms with Gasteiger partial charge in [0.15, 0.2) is 0 Å². The van der Waals surface area contributed by atoms with E-state index in [1.54, 1.807) is 12.3 Å². The standard InChI is InChI=1S/C19H22F3N3/c20-19(21,22)14-3-4-16-17(13-14)23-8-5-18(16)25-11-6-15(7-12-25)24-9-1-2-10-24/h3-5,8,13,15H,1-2,6-7,9-12H2. The van der Waals surface area contributed by atoms with E-state index in [1.807, 2.05) is 6.07 Å². The Morgan fingerprint density at radius 3 is 2.36 bits per heavy atom. The molecule has 0 radical (unpaired) electrons. The first-order valence-corrected chi connectivity index (χ1v) is 8.97. The van der Waals surface area contributed by atoms with Crippen LogP contribution in [0.1, 0.15) is 31.2 Å². The van der Waals surface area contributed by atoms with Crippen molar-refractivity contribution in [2.24, 2.45) is 0 Å². The summed E-state index contributed by atoms with van der Waals surface area (Å²) in [5.41, 5.74) is 0.768. The molecule has 2 aliphatic heterocycles. The maximum Gasteiger partial charge on any atom is 0.416 e. The van der Waals surface area contributed by atoms with Crippen LogP contribution >= 0.6 is 0 Å². The van der Waals surface area contributed by atoms with E-state index in [4.69, 9.17) is 0 Å². The van der Waals surface area contributed by atoms with Crippen molar-refractivity contribution < 1.29 is 13.2 Å². The fourth-order valence-electron chi connectivity index (χ4n) is 4.16. The van der Waals surface area contributed by atoms with Gasteiger partial charge in [-0.25, -0.2) is 0 Å². The Morgan fingerprint density at radius 1 is 0.960 bits per heavy atom.